The van der Waals surface area contributed by atoms with Gasteiger partial charge in [0.05, 0.1) is 10.4 Å². The number of rotatable bonds is 6. The van der Waals surface area contributed by atoms with Gasteiger partial charge in [-0.25, -0.2) is 17.9 Å². The van der Waals surface area contributed by atoms with Crippen molar-refractivity contribution in [2.75, 3.05) is 20.3 Å². The van der Waals surface area contributed by atoms with E-state index in [1.807, 2.05) is 0 Å². The van der Waals surface area contributed by atoms with E-state index in [1.54, 1.807) is 7.11 Å². The quantitative estimate of drug-likeness (QED) is 0.750. The monoisotopic (exact) mass is 286 g/mol. The van der Waals surface area contributed by atoms with Crippen LogP contribution in [0.5, 0.6) is 0 Å². The molecule has 2 rings (SSSR count). The van der Waals surface area contributed by atoms with Crippen LogP contribution in [0.4, 0.5) is 0 Å². The van der Waals surface area contributed by atoms with Crippen molar-refractivity contribution in [3.8, 4) is 0 Å². The highest BCUT2D eigenvalue weighted by Gasteiger charge is 2.14. The van der Waals surface area contributed by atoms with Crippen molar-refractivity contribution in [1.29, 1.82) is 0 Å². The first kappa shape index (κ1) is 13.8. The average molecular weight is 286 g/mol. The number of nitrogens with one attached hydrogen (secondary N) is 2. The van der Waals surface area contributed by atoms with Crippen LogP contribution in [0, 0.1) is 0 Å². The Balaban J connectivity index is 2.20. The highest BCUT2D eigenvalue weighted by atomic mass is 32.2. The number of hydrogen-bond acceptors (Lipinski definition) is 5. The van der Waals surface area contributed by atoms with Gasteiger partial charge in [0, 0.05) is 20.3 Å². The lowest BCUT2D eigenvalue weighted by atomic mass is 10.3. The molecule has 0 amide bonds. The zero-order chi connectivity index (χ0) is 13.9. The molecular formula is C11H14N2O5S. The van der Waals surface area contributed by atoms with Gasteiger partial charge in [0.15, 0.2) is 5.58 Å². The van der Waals surface area contributed by atoms with E-state index in [0.717, 1.165) is 0 Å². The summed E-state index contributed by atoms with van der Waals surface area (Å²) in [5, 5.41) is 0. The second-order valence-electron chi connectivity index (χ2n) is 3.92. The number of benzene rings is 1. The largest absolute Gasteiger partial charge is 0.417 e. The highest BCUT2D eigenvalue weighted by molar-refractivity contribution is 7.89. The number of methoxy groups -OCH3 is 1. The summed E-state index contributed by atoms with van der Waals surface area (Å²) in [6.45, 7) is 0.771. The van der Waals surface area contributed by atoms with Gasteiger partial charge in [-0.1, -0.05) is 0 Å². The molecule has 1 aromatic heterocycles. The Bertz CT molecular complexity index is 716. The molecule has 19 heavy (non-hydrogen) atoms. The minimum absolute atomic E-state index is 0.0782. The predicted octanol–water partition coefficient (Wildman–Crippen LogP) is 0.436. The summed E-state index contributed by atoms with van der Waals surface area (Å²) < 4.78 is 36.0. The molecule has 0 aliphatic heterocycles. The molecule has 8 heteroatoms. The maximum Gasteiger partial charge on any atom is 0.417 e. The second kappa shape index (κ2) is 5.55. The molecule has 0 fully saturated rings. The molecule has 0 aliphatic carbocycles. The van der Waals surface area contributed by atoms with E-state index in [4.69, 9.17) is 9.15 Å². The maximum atomic E-state index is 12.0. The maximum absolute atomic E-state index is 12.0. The third-order valence-electron chi connectivity index (χ3n) is 2.52. The second-order valence-corrected chi connectivity index (χ2v) is 5.68. The van der Waals surface area contributed by atoms with Gasteiger partial charge < -0.3 is 9.15 Å². The van der Waals surface area contributed by atoms with E-state index >= 15 is 0 Å². The van der Waals surface area contributed by atoms with Crippen LogP contribution < -0.4 is 10.5 Å². The van der Waals surface area contributed by atoms with Crippen LogP contribution >= 0.6 is 0 Å². The Hall–Kier alpha value is -1.64. The Kier molecular flexibility index (Phi) is 4.03. The fourth-order valence-electron chi connectivity index (χ4n) is 1.60. The molecule has 1 aromatic carbocycles. The Labute approximate surface area is 109 Å². The molecule has 2 aromatic rings. The van der Waals surface area contributed by atoms with E-state index in [1.165, 1.54) is 18.2 Å². The number of aromatic nitrogens is 1. The predicted molar refractivity (Wildman–Crippen MR) is 68.5 cm³/mol. The zero-order valence-corrected chi connectivity index (χ0v) is 11.1. The molecule has 0 aliphatic rings. The molecule has 0 spiro atoms. The Morgan fingerprint density at radius 1 is 1.42 bits per heavy atom. The lowest BCUT2D eigenvalue weighted by Gasteiger charge is -2.06. The third-order valence-corrected chi connectivity index (χ3v) is 3.98. The van der Waals surface area contributed by atoms with Crippen LogP contribution in [-0.4, -0.2) is 33.7 Å². The van der Waals surface area contributed by atoms with Crippen molar-refractivity contribution >= 4 is 21.1 Å². The minimum atomic E-state index is -3.59. The summed E-state index contributed by atoms with van der Waals surface area (Å²) in [5.74, 6) is -0.613. The summed E-state index contributed by atoms with van der Waals surface area (Å²) in [5.41, 5.74) is 0.674. The summed E-state index contributed by atoms with van der Waals surface area (Å²) in [6, 6.07) is 4.19. The number of ether oxygens (including phenoxy) is 1. The first-order valence-corrected chi connectivity index (χ1v) is 7.13. The molecule has 0 atom stereocenters. The van der Waals surface area contributed by atoms with Crippen LogP contribution in [0.1, 0.15) is 6.42 Å². The van der Waals surface area contributed by atoms with E-state index < -0.39 is 15.8 Å². The SMILES string of the molecule is COCCCNS(=O)(=O)c1ccc2oc(=O)[nH]c2c1. The number of oxazole rings is 1. The Morgan fingerprint density at radius 3 is 2.95 bits per heavy atom. The van der Waals surface area contributed by atoms with Gasteiger partial charge in [0.1, 0.15) is 0 Å². The van der Waals surface area contributed by atoms with Crippen molar-refractivity contribution in [2.45, 2.75) is 11.3 Å². The van der Waals surface area contributed by atoms with Gasteiger partial charge in [-0.15, -0.1) is 0 Å². The minimum Gasteiger partial charge on any atom is -0.408 e. The van der Waals surface area contributed by atoms with Crippen LogP contribution in [0.15, 0.2) is 32.3 Å². The molecule has 1 heterocycles. The van der Waals surface area contributed by atoms with Gasteiger partial charge in [-0.3, -0.25) is 4.98 Å². The van der Waals surface area contributed by atoms with E-state index in [0.29, 0.717) is 24.1 Å². The van der Waals surface area contributed by atoms with E-state index in [-0.39, 0.29) is 11.4 Å². The van der Waals surface area contributed by atoms with Crippen molar-refractivity contribution in [1.82, 2.24) is 9.71 Å². The van der Waals surface area contributed by atoms with Crippen molar-refractivity contribution in [2.24, 2.45) is 0 Å². The molecule has 7 nitrogen and oxygen atoms in total. The summed E-state index contributed by atoms with van der Waals surface area (Å²) in [6.07, 6.45) is 0.584. The highest BCUT2D eigenvalue weighted by Crippen LogP contribution is 2.16. The van der Waals surface area contributed by atoms with E-state index in [9.17, 15) is 13.2 Å². The van der Waals surface area contributed by atoms with Crippen molar-refractivity contribution in [3.05, 3.63) is 28.7 Å². The first-order chi connectivity index (χ1) is 9.03. The number of sulfonamides is 1. The molecule has 2 N–H and O–H groups in total. The smallest absolute Gasteiger partial charge is 0.408 e. The van der Waals surface area contributed by atoms with Gasteiger partial charge in [-0.2, -0.15) is 0 Å². The van der Waals surface area contributed by atoms with Gasteiger partial charge in [0.2, 0.25) is 10.0 Å². The van der Waals surface area contributed by atoms with Crippen LogP contribution in [0.2, 0.25) is 0 Å². The first-order valence-electron chi connectivity index (χ1n) is 5.64. The summed E-state index contributed by atoms with van der Waals surface area (Å²) in [4.78, 5) is 13.5. The standard InChI is InChI=1S/C11H14N2O5S/c1-17-6-2-5-12-19(15,16)8-3-4-10-9(7-8)13-11(14)18-10/h3-4,7,12H,2,5-6H2,1H3,(H,13,14). The fourth-order valence-corrected chi connectivity index (χ4v) is 2.70. The summed E-state index contributed by atoms with van der Waals surface area (Å²) >= 11 is 0. The average Bonchev–Trinajstić information content (AvgIpc) is 2.73. The molecular weight excluding hydrogens is 272 g/mol. The topological polar surface area (TPSA) is 101 Å². The van der Waals surface area contributed by atoms with Crippen molar-refractivity contribution in [3.63, 3.8) is 0 Å². The van der Waals surface area contributed by atoms with Gasteiger partial charge >= 0.3 is 5.76 Å². The molecule has 0 unspecified atom stereocenters. The van der Waals surface area contributed by atoms with Crippen LogP contribution in [-0.2, 0) is 14.8 Å². The lowest BCUT2D eigenvalue weighted by Crippen LogP contribution is -2.25. The lowest BCUT2D eigenvalue weighted by molar-refractivity contribution is 0.196. The number of H-pyrrole nitrogens is 1. The zero-order valence-electron chi connectivity index (χ0n) is 10.3. The fraction of sp³-hybridized carbons (Fsp3) is 0.364. The molecule has 0 saturated heterocycles. The summed E-state index contributed by atoms with van der Waals surface area (Å²) in [7, 11) is -2.04. The third kappa shape index (κ3) is 3.22. The van der Waals surface area contributed by atoms with E-state index in [2.05, 4.69) is 9.71 Å². The molecule has 104 valence electrons. The molecule has 0 radical (unpaired) electrons. The van der Waals surface area contributed by atoms with Gasteiger partial charge in [0.25, 0.3) is 0 Å². The van der Waals surface area contributed by atoms with Crippen molar-refractivity contribution < 1.29 is 17.6 Å². The molecule has 0 saturated carbocycles. The number of fused-ring (bicyclic) bond motifs is 1. The number of hydrogen-bond donors (Lipinski definition) is 2. The van der Waals surface area contributed by atoms with Gasteiger partial charge in [-0.05, 0) is 24.6 Å². The normalized spacial score (nSPS) is 12.1. The molecule has 0 bridgehead atoms. The van der Waals surface area contributed by atoms with Crippen LogP contribution in [0.3, 0.4) is 0 Å². The Morgan fingerprint density at radius 2 is 2.21 bits per heavy atom. The van der Waals surface area contributed by atoms with Crippen LogP contribution in [0.25, 0.3) is 11.1 Å². The number of aromatic amines is 1.